The lowest BCUT2D eigenvalue weighted by atomic mass is 10.2. The van der Waals surface area contributed by atoms with Gasteiger partial charge in [-0.05, 0) is 6.92 Å². The number of rotatable bonds is 6. The number of likely N-dealkylation sites (tertiary alicyclic amines) is 1. The Balaban J connectivity index is 1.59. The molecule has 0 bridgehead atoms. The molecule has 1 aliphatic heterocycles. The molecule has 0 spiro atoms. The van der Waals surface area contributed by atoms with Crippen molar-refractivity contribution in [3.8, 4) is 11.6 Å². The Bertz CT molecular complexity index is 738. The molecule has 0 unspecified atom stereocenters. The zero-order valence-electron chi connectivity index (χ0n) is 14.4. The zero-order chi connectivity index (χ0) is 17.8. The molecule has 0 aromatic carbocycles. The second-order valence-electron chi connectivity index (χ2n) is 5.96. The average Bonchev–Trinajstić information content (AvgIpc) is 3.14. The molecule has 134 valence electrons. The Morgan fingerprint density at radius 1 is 1.44 bits per heavy atom. The van der Waals surface area contributed by atoms with Crippen LogP contribution < -0.4 is 14.8 Å². The third-order valence-electron chi connectivity index (χ3n) is 4.00. The number of hydrogen-bond acceptors (Lipinski definition) is 8. The maximum atomic E-state index is 11.1. The molecule has 1 amide bonds. The molecule has 2 aromatic heterocycles. The number of carbonyl (C=O) groups is 1. The van der Waals surface area contributed by atoms with Crippen molar-refractivity contribution in [1.82, 2.24) is 19.9 Å². The van der Waals surface area contributed by atoms with Crippen molar-refractivity contribution >= 4 is 22.4 Å². The molecular weight excluding hydrogens is 342 g/mol. The molecule has 3 heterocycles. The van der Waals surface area contributed by atoms with Gasteiger partial charge in [0.15, 0.2) is 10.9 Å². The first-order chi connectivity index (χ1) is 12.0. The predicted octanol–water partition coefficient (Wildman–Crippen LogP) is 1.94. The minimum absolute atomic E-state index is 0.0431. The molecule has 0 saturated carbocycles. The summed E-state index contributed by atoms with van der Waals surface area (Å²) in [5.41, 5.74) is 0. The average molecular weight is 363 g/mol. The number of ether oxygens (including phenoxy) is 2. The summed E-state index contributed by atoms with van der Waals surface area (Å²) in [5, 5.41) is 3.34. The molecule has 1 saturated heterocycles. The summed E-state index contributed by atoms with van der Waals surface area (Å²) in [4.78, 5) is 26.9. The Labute approximate surface area is 150 Å². The quantitative estimate of drug-likeness (QED) is 0.839. The van der Waals surface area contributed by atoms with E-state index in [1.54, 1.807) is 13.3 Å². The summed E-state index contributed by atoms with van der Waals surface area (Å²) in [7, 11) is 1.57. The van der Waals surface area contributed by atoms with Crippen molar-refractivity contribution in [2.75, 3.05) is 19.0 Å². The summed E-state index contributed by atoms with van der Waals surface area (Å²) < 4.78 is 11.2. The number of nitrogens with one attached hydrogen (secondary N) is 1. The number of hydrogen-bond donors (Lipinski definition) is 1. The third kappa shape index (κ3) is 4.43. The highest BCUT2D eigenvalue weighted by atomic mass is 32.1. The van der Waals surface area contributed by atoms with Gasteiger partial charge in [-0.3, -0.25) is 9.69 Å². The minimum atomic E-state index is -0.109. The van der Waals surface area contributed by atoms with Crippen LogP contribution in [-0.4, -0.2) is 51.6 Å². The predicted molar refractivity (Wildman–Crippen MR) is 93.9 cm³/mol. The van der Waals surface area contributed by atoms with Gasteiger partial charge in [-0.1, -0.05) is 0 Å². The van der Waals surface area contributed by atoms with Crippen LogP contribution in [0.5, 0.6) is 11.6 Å². The smallest absolute Gasteiger partial charge is 0.260 e. The van der Waals surface area contributed by atoms with E-state index >= 15 is 0 Å². The van der Waals surface area contributed by atoms with Gasteiger partial charge in [0.05, 0.1) is 13.3 Å². The Morgan fingerprint density at radius 2 is 2.28 bits per heavy atom. The van der Waals surface area contributed by atoms with Gasteiger partial charge < -0.3 is 14.8 Å². The molecule has 0 radical (unpaired) electrons. The monoisotopic (exact) mass is 363 g/mol. The number of amides is 1. The van der Waals surface area contributed by atoms with Crippen LogP contribution in [0.2, 0.25) is 0 Å². The van der Waals surface area contributed by atoms with E-state index in [1.807, 2.05) is 6.20 Å². The van der Waals surface area contributed by atoms with Crippen LogP contribution in [0.4, 0.5) is 5.13 Å². The van der Waals surface area contributed by atoms with Crippen molar-refractivity contribution in [3.63, 3.8) is 0 Å². The van der Waals surface area contributed by atoms with E-state index in [0.29, 0.717) is 22.8 Å². The topological polar surface area (TPSA) is 89.5 Å². The normalized spacial score (nSPS) is 20.4. The molecule has 0 aliphatic carbocycles. The van der Waals surface area contributed by atoms with Gasteiger partial charge in [0.1, 0.15) is 12.4 Å². The van der Waals surface area contributed by atoms with E-state index in [0.717, 1.165) is 24.4 Å². The number of aromatic nitrogens is 3. The van der Waals surface area contributed by atoms with Gasteiger partial charge in [-0.2, -0.15) is 4.98 Å². The van der Waals surface area contributed by atoms with E-state index in [9.17, 15) is 4.79 Å². The molecule has 1 fully saturated rings. The molecule has 1 N–H and O–H groups in total. The molecule has 25 heavy (non-hydrogen) atoms. The second-order valence-corrected chi connectivity index (χ2v) is 7.08. The van der Waals surface area contributed by atoms with E-state index in [4.69, 9.17) is 9.47 Å². The van der Waals surface area contributed by atoms with Crippen LogP contribution in [0.15, 0.2) is 18.7 Å². The maximum Gasteiger partial charge on any atom is 0.260 e. The molecule has 8 nitrogen and oxygen atoms in total. The molecule has 2 atom stereocenters. The van der Waals surface area contributed by atoms with Crippen molar-refractivity contribution in [3.05, 3.63) is 23.6 Å². The fourth-order valence-electron chi connectivity index (χ4n) is 2.83. The van der Waals surface area contributed by atoms with Gasteiger partial charge in [-0.15, -0.1) is 11.3 Å². The molecule has 2 aromatic rings. The van der Waals surface area contributed by atoms with Crippen molar-refractivity contribution in [2.24, 2.45) is 0 Å². The summed E-state index contributed by atoms with van der Waals surface area (Å²) in [6.45, 7) is 5.23. The highest BCUT2D eigenvalue weighted by Crippen LogP contribution is 2.29. The third-order valence-corrected chi connectivity index (χ3v) is 4.90. The standard InChI is InChI=1S/C16H21N5O3S/c1-10-4-12(24-15-14(23-3)6-17-9-19-15)7-21(10)8-13-5-18-16(25-13)20-11(2)22/h5-6,9-10,12H,4,7-8H2,1-3H3,(H,18,20,22)/t10-,12+/m0/s1. The lowest BCUT2D eigenvalue weighted by molar-refractivity contribution is -0.114. The molecule has 9 heteroatoms. The first-order valence-electron chi connectivity index (χ1n) is 8.02. The molecule has 1 aliphatic rings. The Morgan fingerprint density at radius 3 is 3.04 bits per heavy atom. The van der Waals surface area contributed by atoms with Crippen LogP contribution in [0.1, 0.15) is 25.1 Å². The van der Waals surface area contributed by atoms with Gasteiger partial charge in [0.25, 0.3) is 5.88 Å². The Hall–Kier alpha value is -2.26. The van der Waals surface area contributed by atoms with Crippen LogP contribution in [0, 0.1) is 0 Å². The summed E-state index contributed by atoms with van der Waals surface area (Å²) in [6, 6.07) is 0.379. The zero-order valence-corrected chi connectivity index (χ0v) is 15.2. The van der Waals surface area contributed by atoms with E-state index < -0.39 is 0 Å². The largest absolute Gasteiger partial charge is 0.490 e. The highest BCUT2D eigenvalue weighted by Gasteiger charge is 2.31. The fraction of sp³-hybridized carbons (Fsp3) is 0.500. The van der Waals surface area contributed by atoms with E-state index in [1.165, 1.54) is 24.6 Å². The Kier molecular flexibility index (Phi) is 5.44. The number of anilines is 1. The lowest BCUT2D eigenvalue weighted by Crippen LogP contribution is -2.27. The van der Waals surface area contributed by atoms with Crippen LogP contribution in [0.25, 0.3) is 0 Å². The molecular formula is C16H21N5O3S. The number of methoxy groups -OCH3 is 1. The van der Waals surface area contributed by atoms with Crippen molar-refractivity contribution in [1.29, 1.82) is 0 Å². The van der Waals surface area contributed by atoms with Gasteiger partial charge in [-0.25, -0.2) is 9.97 Å². The maximum absolute atomic E-state index is 11.1. The summed E-state index contributed by atoms with van der Waals surface area (Å²) in [6.07, 6.45) is 5.81. The van der Waals surface area contributed by atoms with Gasteiger partial charge >= 0.3 is 0 Å². The van der Waals surface area contributed by atoms with Crippen molar-refractivity contribution < 1.29 is 14.3 Å². The first-order valence-corrected chi connectivity index (χ1v) is 8.83. The first kappa shape index (κ1) is 17.6. The van der Waals surface area contributed by atoms with E-state index in [-0.39, 0.29) is 12.0 Å². The fourth-order valence-corrected chi connectivity index (χ4v) is 3.72. The SMILES string of the molecule is COc1cncnc1O[C@@H]1C[C@H](C)N(Cc2cnc(NC(C)=O)s2)C1. The highest BCUT2D eigenvalue weighted by molar-refractivity contribution is 7.15. The summed E-state index contributed by atoms with van der Waals surface area (Å²) >= 11 is 1.50. The number of thiazole rings is 1. The second kappa shape index (κ2) is 7.75. The molecule has 3 rings (SSSR count). The van der Waals surface area contributed by atoms with Gasteiger partial charge in [0.2, 0.25) is 5.91 Å². The number of nitrogens with zero attached hydrogens (tertiary/aromatic N) is 4. The van der Waals surface area contributed by atoms with Crippen LogP contribution >= 0.6 is 11.3 Å². The van der Waals surface area contributed by atoms with Crippen LogP contribution in [0.3, 0.4) is 0 Å². The minimum Gasteiger partial charge on any atom is -0.490 e. The van der Waals surface area contributed by atoms with Gasteiger partial charge in [0, 0.05) is 43.5 Å². The lowest BCUT2D eigenvalue weighted by Gasteiger charge is -2.19. The van der Waals surface area contributed by atoms with Crippen LogP contribution in [-0.2, 0) is 11.3 Å². The van der Waals surface area contributed by atoms with Crippen molar-refractivity contribution in [2.45, 2.75) is 39.0 Å². The number of carbonyl (C=O) groups excluding carboxylic acids is 1. The van der Waals surface area contributed by atoms with E-state index in [2.05, 4.69) is 32.1 Å². The summed E-state index contributed by atoms with van der Waals surface area (Å²) in [5.74, 6) is 0.904.